The fraction of sp³-hybridized carbons (Fsp3) is 0.263. The van der Waals surface area contributed by atoms with Crippen molar-refractivity contribution < 1.29 is 14.0 Å². The van der Waals surface area contributed by atoms with Gasteiger partial charge in [-0.05, 0) is 64.8 Å². The summed E-state index contributed by atoms with van der Waals surface area (Å²) in [5.74, 6) is -1.47. The second-order valence-electron chi connectivity index (χ2n) is 6.19. The van der Waals surface area contributed by atoms with Crippen LogP contribution in [0.3, 0.4) is 0 Å². The van der Waals surface area contributed by atoms with Crippen molar-refractivity contribution in [2.45, 2.75) is 6.92 Å². The van der Waals surface area contributed by atoms with E-state index in [1.54, 1.807) is 18.2 Å². The molecule has 0 atom stereocenters. The zero-order chi connectivity index (χ0) is 18.7. The number of piperazine rings is 1. The topological polar surface area (TPSA) is 52.7 Å². The molecule has 1 heterocycles. The van der Waals surface area contributed by atoms with Crippen molar-refractivity contribution in [2.75, 3.05) is 36.4 Å². The van der Waals surface area contributed by atoms with E-state index in [2.05, 4.69) is 26.1 Å². The molecule has 2 aromatic carbocycles. The number of amides is 2. The number of carbonyl (C=O) groups is 2. The molecule has 0 bridgehead atoms. The molecule has 1 fully saturated rings. The van der Waals surface area contributed by atoms with Gasteiger partial charge in [0, 0.05) is 36.3 Å². The maximum atomic E-state index is 13.0. The van der Waals surface area contributed by atoms with Crippen LogP contribution in [0.2, 0.25) is 0 Å². The maximum Gasteiger partial charge on any atom is 0.313 e. The van der Waals surface area contributed by atoms with Gasteiger partial charge in [0.25, 0.3) is 0 Å². The van der Waals surface area contributed by atoms with Crippen LogP contribution in [0.1, 0.15) is 5.56 Å². The van der Waals surface area contributed by atoms with Crippen molar-refractivity contribution in [2.24, 2.45) is 0 Å². The van der Waals surface area contributed by atoms with Crippen molar-refractivity contribution >= 4 is 39.1 Å². The summed E-state index contributed by atoms with van der Waals surface area (Å²) in [5, 5.41) is 2.65. The van der Waals surface area contributed by atoms with Crippen LogP contribution in [0.15, 0.2) is 46.9 Å². The second kappa shape index (κ2) is 7.86. The van der Waals surface area contributed by atoms with E-state index in [4.69, 9.17) is 0 Å². The first-order chi connectivity index (χ1) is 12.4. The molecule has 0 saturated carbocycles. The van der Waals surface area contributed by atoms with Gasteiger partial charge in [-0.2, -0.15) is 0 Å². The Hall–Kier alpha value is -2.41. The molecule has 1 aliphatic heterocycles. The molecule has 0 spiro atoms. The minimum atomic E-state index is -0.648. The molecule has 1 aliphatic rings. The predicted octanol–water partition coefficient (Wildman–Crippen LogP) is 3.18. The Balaban J connectivity index is 1.57. The zero-order valence-corrected chi connectivity index (χ0v) is 15.9. The van der Waals surface area contributed by atoms with Gasteiger partial charge in [0.1, 0.15) is 5.82 Å². The van der Waals surface area contributed by atoms with E-state index in [-0.39, 0.29) is 5.82 Å². The number of carbonyl (C=O) groups excluding carboxylic acids is 2. The molecule has 7 heteroatoms. The molecule has 2 amide bonds. The summed E-state index contributed by atoms with van der Waals surface area (Å²) in [4.78, 5) is 28.3. The number of aryl methyl sites for hydroxylation is 1. The molecule has 26 heavy (non-hydrogen) atoms. The highest BCUT2D eigenvalue weighted by Crippen LogP contribution is 2.23. The quantitative estimate of drug-likeness (QED) is 0.760. The molecule has 0 aromatic heterocycles. The molecule has 2 aromatic rings. The van der Waals surface area contributed by atoms with E-state index < -0.39 is 11.8 Å². The number of hydrogen-bond donors (Lipinski definition) is 1. The summed E-state index contributed by atoms with van der Waals surface area (Å²) in [5.41, 5.74) is 2.53. The third-order valence-electron chi connectivity index (χ3n) is 4.33. The largest absolute Gasteiger partial charge is 0.368 e. The number of halogens is 2. The SMILES string of the molecule is Cc1ccc(NC(=O)C(=O)N2CCN(c3ccc(F)cc3)CC2)c(Br)c1. The predicted molar refractivity (Wildman–Crippen MR) is 103 cm³/mol. The molecular weight excluding hydrogens is 401 g/mol. The van der Waals surface area contributed by atoms with Gasteiger partial charge in [0.05, 0.1) is 5.69 Å². The second-order valence-corrected chi connectivity index (χ2v) is 7.05. The Bertz CT molecular complexity index is 818. The first kappa shape index (κ1) is 18.4. The fourth-order valence-electron chi connectivity index (χ4n) is 2.86. The molecule has 0 aliphatic carbocycles. The lowest BCUT2D eigenvalue weighted by Gasteiger charge is -2.35. The minimum absolute atomic E-state index is 0.276. The maximum absolute atomic E-state index is 13.0. The average molecular weight is 420 g/mol. The van der Waals surface area contributed by atoms with Crippen molar-refractivity contribution in [1.82, 2.24) is 4.90 Å². The van der Waals surface area contributed by atoms with Gasteiger partial charge in [-0.15, -0.1) is 0 Å². The van der Waals surface area contributed by atoms with Crippen LogP contribution in [0.4, 0.5) is 15.8 Å². The van der Waals surface area contributed by atoms with Gasteiger partial charge in [-0.25, -0.2) is 4.39 Å². The lowest BCUT2D eigenvalue weighted by atomic mass is 10.2. The Morgan fingerprint density at radius 2 is 1.69 bits per heavy atom. The first-order valence-corrected chi connectivity index (χ1v) is 9.10. The summed E-state index contributed by atoms with van der Waals surface area (Å²) in [6.07, 6.45) is 0. The van der Waals surface area contributed by atoms with Gasteiger partial charge < -0.3 is 15.1 Å². The summed E-state index contributed by atoms with van der Waals surface area (Å²) < 4.78 is 13.8. The monoisotopic (exact) mass is 419 g/mol. The van der Waals surface area contributed by atoms with E-state index in [1.807, 2.05) is 19.1 Å². The summed E-state index contributed by atoms with van der Waals surface area (Å²) >= 11 is 3.39. The summed E-state index contributed by atoms with van der Waals surface area (Å²) in [6, 6.07) is 11.8. The average Bonchev–Trinajstić information content (AvgIpc) is 2.64. The van der Waals surface area contributed by atoms with E-state index in [0.717, 1.165) is 15.7 Å². The molecule has 0 radical (unpaired) electrons. The number of rotatable bonds is 2. The lowest BCUT2D eigenvalue weighted by Crippen LogP contribution is -2.51. The smallest absolute Gasteiger partial charge is 0.313 e. The highest BCUT2D eigenvalue weighted by atomic mass is 79.9. The third kappa shape index (κ3) is 4.22. The summed E-state index contributed by atoms with van der Waals surface area (Å²) in [6.45, 7) is 4.03. The van der Waals surface area contributed by atoms with Crippen LogP contribution in [0.5, 0.6) is 0 Å². The molecule has 136 valence electrons. The summed E-state index contributed by atoms with van der Waals surface area (Å²) in [7, 11) is 0. The number of nitrogens with one attached hydrogen (secondary N) is 1. The standard InChI is InChI=1S/C19H19BrFN3O2/c1-13-2-7-17(16(20)12-13)22-18(25)19(26)24-10-8-23(9-11-24)15-5-3-14(21)4-6-15/h2-7,12H,8-11H2,1H3,(H,22,25). The molecule has 3 rings (SSSR count). The Morgan fingerprint density at radius 1 is 1.04 bits per heavy atom. The number of nitrogens with zero attached hydrogens (tertiary/aromatic N) is 2. The molecular formula is C19H19BrFN3O2. The highest BCUT2D eigenvalue weighted by molar-refractivity contribution is 9.10. The van der Waals surface area contributed by atoms with Crippen LogP contribution >= 0.6 is 15.9 Å². The van der Waals surface area contributed by atoms with E-state index in [1.165, 1.54) is 17.0 Å². The van der Waals surface area contributed by atoms with Gasteiger partial charge >= 0.3 is 11.8 Å². The Morgan fingerprint density at radius 3 is 2.31 bits per heavy atom. The van der Waals surface area contributed by atoms with Gasteiger partial charge in [-0.1, -0.05) is 6.07 Å². The number of anilines is 2. The van der Waals surface area contributed by atoms with Crippen molar-refractivity contribution in [3.8, 4) is 0 Å². The highest BCUT2D eigenvalue weighted by Gasteiger charge is 2.26. The number of benzene rings is 2. The van der Waals surface area contributed by atoms with Gasteiger partial charge in [-0.3, -0.25) is 9.59 Å². The van der Waals surface area contributed by atoms with Crippen LogP contribution in [-0.4, -0.2) is 42.9 Å². The Kier molecular flexibility index (Phi) is 5.56. The normalized spacial score (nSPS) is 14.3. The van der Waals surface area contributed by atoms with Crippen LogP contribution in [0, 0.1) is 12.7 Å². The molecule has 5 nitrogen and oxygen atoms in total. The van der Waals surface area contributed by atoms with Crippen LogP contribution < -0.4 is 10.2 Å². The van der Waals surface area contributed by atoms with E-state index in [0.29, 0.717) is 31.9 Å². The minimum Gasteiger partial charge on any atom is -0.368 e. The lowest BCUT2D eigenvalue weighted by molar-refractivity contribution is -0.143. The van der Waals surface area contributed by atoms with Gasteiger partial charge in [0.15, 0.2) is 0 Å². The van der Waals surface area contributed by atoms with Crippen molar-refractivity contribution in [3.05, 3.63) is 58.3 Å². The van der Waals surface area contributed by atoms with Crippen LogP contribution in [-0.2, 0) is 9.59 Å². The van der Waals surface area contributed by atoms with E-state index in [9.17, 15) is 14.0 Å². The van der Waals surface area contributed by atoms with Crippen molar-refractivity contribution in [1.29, 1.82) is 0 Å². The zero-order valence-electron chi connectivity index (χ0n) is 14.3. The first-order valence-electron chi connectivity index (χ1n) is 8.31. The molecule has 1 N–H and O–H groups in total. The van der Waals surface area contributed by atoms with E-state index >= 15 is 0 Å². The fourth-order valence-corrected chi connectivity index (χ4v) is 3.45. The molecule has 1 saturated heterocycles. The number of hydrogen-bond acceptors (Lipinski definition) is 3. The third-order valence-corrected chi connectivity index (χ3v) is 4.98. The van der Waals surface area contributed by atoms with Crippen molar-refractivity contribution in [3.63, 3.8) is 0 Å². The molecule has 0 unspecified atom stereocenters. The van der Waals surface area contributed by atoms with Gasteiger partial charge in [0.2, 0.25) is 0 Å². The van der Waals surface area contributed by atoms with Crippen LogP contribution in [0.25, 0.3) is 0 Å². The Labute approximate surface area is 159 Å².